The van der Waals surface area contributed by atoms with Crippen molar-refractivity contribution in [2.75, 3.05) is 6.61 Å². The summed E-state index contributed by atoms with van der Waals surface area (Å²) in [4.78, 5) is 23.1. The molecular formula is C17H21F2NO4. The van der Waals surface area contributed by atoms with Gasteiger partial charge in [0.25, 0.3) is 5.91 Å². The average molecular weight is 341 g/mol. The molecule has 0 spiro atoms. The van der Waals surface area contributed by atoms with Crippen LogP contribution < -0.4 is 10.1 Å². The molecule has 7 heteroatoms. The second-order valence-electron chi connectivity index (χ2n) is 4.97. The summed E-state index contributed by atoms with van der Waals surface area (Å²) in [6.07, 6.45) is 4.23. The molecule has 0 saturated heterocycles. The topological polar surface area (TPSA) is 64.6 Å². The van der Waals surface area contributed by atoms with Crippen LogP contribution in [0.2, 0.25) is 0 Å². The predicted molar refractivity (Wildman–Crippen MR) is 85.6 cm³/mol. The van der Waals surface area contributed by atoms with Crippen molar-refractivity contribution in [3.05, 3.63) is 35.9 Å². The van der Waals surface area contributed by atoms with Crippen molar-refractivity contribution in [3.8, 4) is 5.75 Å². The van der Waals surface area contributed by atoms with Gasteiger partial charge in [0.05, 0.1) is 0 Å². The Balaban J connectivity index is 2.41. The molecule has 0 heterocycles. The van der Waals surface area contributed by atoms with Gasteiger partial charge in [-0.1, -0.05) is 26.0 Å². The highest BCUT2D eigenvalue weighted by Crippen LogP contribution is 2.15. The molecule has 0 aliphatic heterocycles. The molecule has 0 radical (unpaired) electrons. The third-order valence-corrected chi connectivity index (χ3v) is 3.21. The standard InChI is InChI=1S/C17H21F2NO4/c1-3-13(4-2)20-15(21)11-23-16(22)10-7-12-5-8-14(9-6-12)24-17(18)19/h5-10,13,17H,3-4,11H2,1-2H3,(H,20,21). The van der Waals surface area contributed by atoms with Crippen LogP contribution in [-0.4, -0.2) is 31.1 Å². The largest absolute Gasteiger partial charge is 0.452 e. The molecule has 0 saturated carbocycles. The summed E-state index contributed by atoms with van der Waals surface area (Å²) in [5.41, 5.74) is 0.607. The van der Waals surface area contributed by atoms with E-state index in [0.29, 0.717) is 5.56 Å². The zero-order valence-electron chi connectivity index (χ0n) is 13.6. The van der Waals surface area contributed by atoms with Gasteiger partial charge in [-0.15, -0.1) is 0 Å². The maximum absolute atomic E-state index is 12.0. The summed E-state index contributed by atoms with van der Waals surface area (Å²) in [5, 5.41) is 2.75. The van der Waals surface area contributed by atoms with Crippen LogP contribution in [0.5, 0.6) is 5.75 Å². The Hall–Kier alpha value is -2.44. The van der Waals surface area contributed by atoms with Crippen molar-refractivity contribution in [2.45, 2.75) is 39.3 Å². The highest BCUT2D eigenvalue weighted by Gasteiger charge is 2.09. The smallest absolute Gasteiger partial charge is 0.387 e. The molecule has 0 unspecified atom stereocenters. The van der Waals surface area contributed by atoms with E-state index in [0.717, 1.165) is 18.9 Å². The first kappa shape index (κ1) is 19.6. The Bertz CT molecular complexity index is 554. The molecule has 1 rings (SSSR count). The molecule has 0 atom stereocenters. The van der Waals surface area contributed by atoms with E-state index in [9.17, 15) is 18.4 Å². The van der Waals surface area contributed by atoms with Gasteiger partial charge in [0.2, 0.25) is 0 Å². The highest BCUT2D eigenvalue weighted by molar-refractivity contribution is 5.89. The maximum atomic E-state index is 12.0. The Morgan fingerprint density at radius 2 is 1.79 bits per heavy atom. The van der Waals surface area contributed by atoms with Gasteiger partial charge in [0.1, 0.15) is 5.75 Å². The van der Waals surface area contributed by atoms with E-state index in [-0.39, 0.29) is 24.3 Å². The number of esters is 1. The van der Waals surface area contributed by atoms with Crippen LogP contribution in [-0.2, 0) is 14.3 Å². The summed E-state index contributed by atoms with van der Waals surface area (Å²) in [5.74, 6) is -0.982. The lowest BCUT2D eigenvalue weighted by Gasteiger charge is -2.14. The molecule has 1 aromatic carbocycles. The monoisotopic (exact) mass is 341 g/mol. The predicted octanol–water partition coefficient (Wildman–Crippen LogP) is 3.15. The molecule has 1 N–H and O–H groups in total. The van der Waals surface area contributed by atoms with E-state index in [1.807, 2.05) is 13.8 Å². The summed E-state index contributed by atoms with van der Waals surface area (Å²) >= 11 is 0. The van der Waals surface area contributed by atoms with Gasteiger partial charge in [-0.3, -0.25) is 4.79 Å². The molecule has 24 heavy (non-hydrogen) atoms. The van der Waals surface area contributed by atoms with Crippen LogP contribution in [0.4, 0.5) is 8.78 Å². The minimum atomic E-state index is -2.88. The zero-order chi connectivity index (χ0) is 17.9. The van der Waals surface area contributed by atoms with Gasteiger partial charge in [-0.2, -0.15) is 8.78 Å². The van der Waals surface area contributed by atoms with Crippen molar-refractivity contribution in [2.24, 2.45) is 0 Å². The fourth-order valence-corrected chi connectivity index (χ4v) is 1.87. The summed E-state index contributed by atoms with van der Waals surface area (Å²) in [7, 11) is 0. The van der Waals surface area contributed by atoms with Crippen LogP contribution in [0.1, 0.15) is 32.3 Å². The van der Waals surface area contributed by atoms with E-state index in [1.54, 1.807) is 0 Å². The molecule has 0 aliphatic carbocycles. The van der Waals surface area contributed by atoms with Crippen molar-refractivity contribution in [1.29, 1.82) is 0 Å². The molecule has 1 amide bonds. The third-order valence-electron chi connectivity index (χ3n) is 3.21. The second-order valence-corrected chi connectivity index (χ2v) is 4.97. The van der Waals surface area contributed by atoms with Crippen LogP contribution in [0.15, 0.2) is 30.3 Å². The molecule has 0 aromatic heterocycles. The van der Waals surface area contributed by atoms with E-state index in [4.69, 9.17) is 4.74 Å². The number of carbonyl (C=O) groups excluding carboxylic acids is 2. The number of carbonyl (C=O) groups is 2. The van der Waals surface area contributed by atoms with E-state index < -0.39 is 12.6 Å². The lowest BCUT2D eigenvalue weighted by molar-refractivity contribution is -0.144. The SMILES string of the molecule is CCC(CC)NC(=O)COC(=O)C=Cc1ccc(OC(F)F)cc1. The first-order chi connectivity index (χ1) is 11.4. The number of ether oxygens (including phenoxy) is 2. The number of rotatable bonds is 9. The van der Waals surface area contributed by atoms with Crippen molar-refractivity contribution >= 4 is 18.0 Å². The molecule has 132 valence electrons. The minimum absolute atomic E-state index is 0.0304. The number of amides is 1. The first-order valence-electron chi connectivity index (χ1n) is 7.63. The average Bonchev–Trinajstić information content (AvgIpc) is 2.56. The van der Waals surface area contributed by atoms with Crippen molar-refractivity contribution in [3.63, 3.8) is 0 Å². The molecule has 1 aromatic rings. The quantitative estimate of drug-likeness (QED) is 0.553. The van der Waals surface area contributed by atoms with Crippen LogP contribution in [0.25, 0.3) is 6.08 Å². The van der Waals surface area contributed by atoms with Crippen LogP contribution >= 0.6 is 0 Å². The van der Waals surface area contributed by atoms with E-state index >= 15 is 0 Å². The zero-order valence-corrected chi connectivity index (χ0v) is 13.6. The Morgan fingerprint density at radius 3 is 2.33 bits per heavy atom. The van der Waals surface area contributed by atoms with Gasteiger partial charge in [0.15, 0.2) is 6.61 Å². The number of hydrogen-bond donors (Lipinski definition) is 1. The maximum Gasteiger partial charge on any atom is 0.387 e. The second kappa shape index (κ2) is 10.4. The van der Waals surface area contributed by atoms with Gasteiger partial charge in [-0.25, -0.2) is 4.79 Å². The number of hydrogen-bond acceptors (Lipinski definition) is 4. The Labute approximate surface area is 139 Å². The minimum Gasteiger partial charge on any atom is -0.452 e. The molecule has 0 aliphatic rings. The summed E-state index contributed by atoms with van der Waals surface area (Å²) in [6.45, 7) is 0.690. The Morgan fingerprint density at radius 1 is 1.17 bits per heavy atom. The number of benzene rings is 1. The van der Waals surface area contributed by atoms with E-state index in [2.05, 4.69) is 10.1 Å². The molecule has 5 nitrogen and oxygen atoms in total. The van der Waals surface area contributed by atoms with E-state index in [1.165, 1.54) is 30.3 Å². The highest BCUT2D eigenvalue weighted by atomic mass is 19.3. The molecule has 0 bridgehead atoms. The number of nitrogens with one attached hydrogen (secondary N) is 1. The van der Waals surface area contributed by atoms with Gasteiger partial charge in [-0.05, 0) is 36.6 Å². The lowest BCUT2D eigenvalue weighted by atomic mass is 10.2. The summed E-state index contributed by atoms with van der Waals surface area (Å²) in [6, 6.07) is 5.82. The molecular weight excluding hydrogens is 320 g/mol. The third kappa shape index (κ3) is 7.71. The number of alkyl halides is 2. The van der Waals surface area contributed by atoms with Gasteiger partial charge < -0.3 is 14.8 Å². The fourth-order valence-electron chi connectivity index (χ4n) is 1.87. The summed E-state index contributed by atoms with van der Waals surface area (Å²) < 4.78 is 33.1. The Kier molecular flexibility index (Phi) is 8.46. The van der Waals surface area contributed by atoms with Gasteiger partial charge in [0, 0.05) is 12.1 Å². The van der Waals surface area contributed by atoms with Crippen molar-refractivity contribution in [1.82, 2.24) is 5.32 Å². The molecule has 0 fully saturated rings. The van der Waals surface area contributed by atoms with Crippen LogP contribution in [0, 0.1) is 0 Å². The van der Waals surface area contributed by atoms with Crippen molar-refractivity contribution < 1.29 is 27.8 Å². The first-order valence-corrected chi connectivity index (χ1v) is 7.63. The normalized spacial score (nSPS) is 11.1. The lowest BCUT2D eigenvalue weighted by Crippen LogP contribution is -2.36. The number of halogens is 2. The fraction of sp³-hybridized carbons (Fsp3) is 0.412. The van der Waals surface area contributed by atoms with Crippen LogP contribution in [0.3, 0.4) is 0 Å². The van der Waals surface area contributed by atoms with Gasteiger partial charge >= 0.3 is 12.6 Å².